The van der Waals surface area contributed by atoms with Gasteiger partial charge in [0, 0.05) is 38.3 Å². The first-order valence-corrected chi connectivity index (χ1v) is 11.3. The zero-order valence-electron chi connectivity index (χ0n) is 15.8. The van der Waals surface area contributed by atoms with E-state index in [4.69, 9.17) is 4.74 Å². The Kier molecular flexibility index (Phi) is 6.37. The Morgan fingerprint density at radius 2 is 1.77 bits per heavy atom. The van der Waals surface area contributed by atoms with Crippen LogP contribution in [0, 0.1) is 0 Å². The first-order chi connectivity index (χ1) is 12.4. The van der Waals surface area contributed by atoms with Gasteiger partial charge < -0.3 is 4.74 Å². The molecule has 2 fully saturated rings. The highest BCUT2D eigenvalue weighted by Crippen LogP contribution is 2.27. The van der Waals surface area contributed by atoms with Crippen LogP contribution in [0.4, 0.5) is 0 Å². The standard InChI is InChI=1S/C20H30N2O3S/c1-17(2)9-11-22-13-12-21(19-15-26(23,24)16-20(19)22)10-6-14-25-18-7-4-3-5-8-18/h3-5,7-9,19-20H,6,10-16H2,1-2H3/t19-,20+/m0/s1. The van der Waals surface area contributed by atoms with Crippen molar-refractivity contribution in [2.45, 2.75) is 32.4 Å². The molecule has 0 bridgehead atoms. The molecule has 6 heteroatoms. The summed E-state index contributed by atoms with van der Waals surface area (Å²) >= 11 is 0. The van der Waals surface area contributed by atoms with Crippen molar-refractivity contribution in [3.63, 3.8) is 0 Å². The van der Waals surface area contributed by atoms with Crippen LogP contribution in [0.15, 0.2) is 42.0 Å². The van der Waals surface area contributed by atoms with Crippen molar-refractivity contribution in [1.29, 1.82) is 0 Å². The molecule has 2 aliphatic heterocycles. The number of piperazine rings is 1. The molecule has 2 aliphatic rings. The van der Waals surface area contributed by atoms with Crippen molar-refractivity contribution in [1.82, 2.24) is 9.80 Å². The third-order valence-electron chi connectivity index (χ3n) is 5.24. The minimum absolute atomic E-state index is 0.121. The number of sulfone groups is 1. The number of fused-ring (bicyclic) bond motifs is 1. The molecule has 0 aromatic heterocycles. The summed E-state index contributed by atoms with van der Waals surface area (Å²) < 4.78 is 30.3. The number of para-hydroxylation sites is 1. The van der Waals surface area contributed by atoms with E-state index in [1.165, 1.54) is 5.57 Å². The number of hydrogen-bond acceptors (Lipinski definition) is 5. The zero-order valence-corrected chi connectivity index (χ0v) is 16.6. The summed E-state index contributed by atoms with van der Waals surface area (Å²) in [5.41, 5.74) is 1.28. The maximum absolute atomic E-state index is 12.2. The molecule has 2 heterocycles. The number of ether oxygens (including phenoxy) is 1. The largest absolute Gasteiger partial charge is 0.494 e. The van der Waals surface area contributed by atoms with Crippen LogP contribution in [0.1, 0.15) is 20.3 Å². The molecule has 2 saturated heterocycles. The van der Waals surface area contributed by atoms with Gasteiger partial charge >= 0.3 is 0 Å². The Labute approximate surface area is 157 Å². The van der Waals surface area contributed by atoms with E-state index in [1.54, 1.807) is 0 Å². The fraction of sp³-hybridized carbons (Fsp3) is 0.600. The van der Waals surface area contributed by atoms with E-state index in [0.717, 1.165) is 38.3 Å². The Hall–Kier alpha value is -1.37. The van der Waals surface area contributed by atoms with Crippen LogP contribution >= 0.6 is 0 Å². The van der Waals surface area contributed by atoms with E-state index in [9.17, 15) is 8.42 Å². The number of nitrogens with zero attached hydrogens (tertiary/aromatic N) is 2. The van der Waals surface area contributed by atoms with E-state index >= 15 is 0 Å². The summed E-state index contributed by atoms with van der Waals surface area (Å²) in [7, 11) is -2.94. The van der Waals surface area contributed by atoms with Crippen LogP contribution in [0.25, 0.3) is 0 Å². The molecule has 0 spiro atoms. The monoisotopic (exact) mass is 378 g/mol. The third-order valence-corrected chi connectivity index (χ3v) is 6.94. The Morgan fingerprint density at radius 1 is 1.12 bits per heavy atom. The number of hydrogen-bond donors (Lipinski definition) is 0. The van der Waals surface area contributed by atoms with Gasteiger partial charge in [-0.3, -0.25) is 9.80 Å². The van der Waals surface area contributed by atoms with Crippen LogP contribution in [-0.4, -0.2) is 74.6 Å². The second kappa shape index (κ2) is 8.55. The van der Waals surface area contributed by atoms with Gasteiger partial charge in [-0.2, -0.15) is 0 Å². The van der Waals surface area contributed by atoms with Crippen molar-refractivity contribution in [3.8, 4) is 5.75 Å². The van der Waals surface area contributed by atoms with Crippen LogP contribution < -0.4 is 4.74 Å². The van der Waals surface area contributed by atoms with E-state index in [-0.39, 0.29) is 12.1 Å². The van der Waals surface area contributed by atoms with E-state index < -0.39 is 9.84 Å². The highest BCUT2D eigenvalue weighted by atomic mass is 32.2. The van der Waals surface area contributed by atoms with Gasteiger partial charge in [0.15, 0.2) is 9.84 Å². The summed E-state index contributed by atoms with van der Waals surface area (Å²) in [5, 5.41) is 0. The number of allylic oxidation sites excluding steroid dienone is 1. The average molecular weight is 379 g/mol. The molecular weight excluding hydrogens is 348 g/mol. The van der Waals surface area contributed by atoms with Crippen LogP contribution in [0.3, 0.4) is 0 Å². The van der Waals surface area contributed by atoms with E-state index in [2.05, 4.69) is 29.7 Å². The fourth-order valence-corrected chi connectivity index (χ4v) is 5.92. The van der Waals surface area contributed by atoms with Crippen LogP contribution in [0.2, 0.25) is 0 Å². The summed E-state index contributed by atoms with van der Waals surface area (Å²) in [4.78, 5) is 4.71. The molecule has 0 N–H and O–H groups in total. The first kappa shape index (κ1) is 19.4. The number of rotatable bonds is 7. The van der Waals surface area contributed by atoms with Crippen LogP contribution in [-0.2, 0) is 9.84 Å². The molecule has 0 unspecified atom stereocenters. The minimum Gasteiger partial charge on any atom is -0.494 e. The van der Waals surface area contributed by atoms with Crippen molar-refractivity contribution in [3.05, 3.63) is 42.0 Å². The lowest BCUT2D eigenvalue weighted by Crippen LogP contribution is -2.59. The van der Waals surface area contributed by atoms with Crippen molar-refractivity contribution < 1.29 is 13.2 Å². The molecule has 1 aromatic rings. The van der Waals surface area contributed by atoms with Gasteiger partial charge in [0.25, 0.3) is 0 Å². The Balaban J connectivity index is 1.54. The zero-order chi connectivity index (χ0) is 18.6. The molecule has 5 nitrogen and oxygen atoms in total. The lowest BCUT2D eigenvalue weighted by molar-refractivity contribution is 0.0498. The van der Waals surface area contributed by atoms with Crippen LogP contribution in [0.5, 0.6) is 5.75 Å². The molecule has 144 valence electrons. The SMILES string of the molecule is CC(C)=CCN1CCN(CCCOc2ccccc2)[C@H]2CS(=O)(=O)C[C@H]21. The lowest BCUT2D eigenvalue weighted by atomic mass is 10.0. The van der Waals surface area contributed by atoms with E-state index in [1.807, 2.05) is 30.3 Å². The predicted molar refractivity (Wildman–Crippen MR) is 105 cm³/mol. The molecule has 0 saturated carbocycles. The molecule has 2 atom stereocenters. The molecule has 0 amide bonds. The fourth-order valence-electron chi connectivity index (χ4n) is 3.88. The van der Waals surface area contributed by atoms with Gasteiger partial charge in [-0.1, -0.05) is 29.8 Å². The summed E-state index contributed by atoms with van der Waals surface area (Å²) in [5.74, 6) is 1.48. The lowest BCUT2D eigenvalue weighted by Gasteiger charge is -2.43. The second-order valence-electron chi connectivity index (χ2n) is 7.54. The summed E-state index contributed by atoms with van der Waals surface area (Å²) in [6, 6.07) is 10.1. The Morgan fingerprint density at radius 3 is 2.46 bits per heavy atom. The minimum atomic E-state index is -2.94. The first-order valence-electron chi connectivity index (χ1n) is 9.44. The van der Waals surface area contributed by atoms with Gasteiger partial charge in [0.05, 0.1) is 18.1 Å². The quantitative estimate of drug-likeness (QED) is 0.538. The van der Waals surface area contributed by atoms with Gasteiger partial charge in [-0.15, -0.1) is 0 Å². The average Bonchev–Trinajstić information content (AvgIpc) is 2.93. The topological polar surface area (TPSA) is 49.9 Å². The van der Waals surface area contributed by atoms with Gasteiger partial charge in [0.1, 0.15) is 5.75 Å². The van der Waals surface area contributed by atoms with Crippen molar-refractivity contribution >= 4 is 9.84 Å². The summed E-state index contributed by atoms with van der Waals surface area (Å²) in [6.45, 7) is 8.44. The van der Waals surface area contributed by atoms with Crippen molar-refractivity contribution in [2.75, 3.05) is 44.3 Å². The van der Waals surface area contributed by atoms with Crippen molar-refractivity contribution in [2.24, 2.45) is 0 Å². The molecule has 1 aromatic carbocycles. The molecular formula is C20H30N2O3S. The van der Waals surface area contributed by atoms with Gasteiger partial charge in [0.2, 0.25) is 0 Å². The molecule has 3 rings (SSSR count). The maximum atomic E-state index is 12.2. The maximum Gasteiger partial charge on any atom is 0.153 e. The summed E-state index contributed by atoms with van der Waals surface area (Å²) in [6.07, 6.45) is 3.11. The molecule has 26 heavy (non-hydrogen) atoms. The number of benzene rings is 1. The third kappa shape index (κ3) is 5.09. The highest BCUT2D eigenvalue weighted by molar-refractivity contribution is 7.91. The van der Waals surface area contributed by atoms with Gasteiger partial charge in [-0.25, -0.2) is 8.42 Å². The normalized spacial score (nSPS) is 25.6. The second-order valence-corrected chi connectivity index (χ2v) is 9.69. The predicted octanol–water partition coefficient (Wildman–Crippen LogP) is 2.20. The molecule has 0 radical (unpaired) electrons. The Bertz CT molecular complexity index is 714. The smallest absolute Gasteiger partial charge is 0.153 e. The van der Waals surface area contributed by atoms with Gasteiger partial charge in [-0.05, 0) is 32.4 Å². The van der Waals surface area contributed by atoms with E-state index in [0.29, 0.717) is 18.1 Å². The molecule has 0 aliphatic carbocycles. The highest BCUT2D eigenvalue weighted by Gasteiger charge is 2.45.